The number of halogens is 1. The third kappa shape index (κ3) is 4.96. The number of nitrogens with one attached hydrogen (secondary N) is 2. The van der Waals surface area contributed by atoms with Crippen molar-refractivity contribution in [3.05, 3.63) is 33.9 Å². The fourth-order valence-corrected chi connectivity index (χ4v) is 7.68. The van der Waals surface area contributed by atoms with Crippen LogP contribution < -0.4 is 10.6 Å². The number of ether oxygens (including phenoxy) is 1. The molecule has 0 aromatic heterocycles. The molecule has 0 unspecified atom stereocenters. The molecule has 0 spiro atoms. The lowest BCUT2D eigenvalue weighted by atomic mass is 9.44. The van der Waals surface area contributed by atoms with Crippen molar-refractivity contribution in [1.29, 1.82) is 0 Å². The number of fused-ring (bicyclic) bond motifs is 5. The molecule has 0 heterocycles. The van der Waals surface area contributed by atoms with Crippen LogP contribution in [0.15, 0.2) is 23.8 Å². The van der Waals surface area contributed by atoms with Gasteiger partial charge >= 0.3 is 6.09 Å². The van der Waals surface area contributed by atoms with Crippen molar-refractivity contribution >= 4 is 23.6 Å². The Labute approximate surface area is 240 Å². The van der Waals surface area contributed by atoms with E-state index in [1.165, 1.54) is 25.2 Å². The van der Waals surface area contributed by atoms with Gasteiger partial charge in [-0.3, -0.25) is 14.4 Å². The summed E-state index contributed by atoms with van der Waals surface area (Å²) in [6, 6.07) is 0. The Hall–Kier alpha value is -3.43. The highest BCUT2D eigenvalue weighted by molar-refractivity contribution is 6.01. The van der Waals surface area contributed by atoms with E-state index in [2.05, 4.69) is 15.5 Å². The van der Waals surface area contributed by atoms with Gasteiger partial charge in [0, 0.05) is 23.3 Å². The van der Waals surface area contributed by atoms with Crippen LogP contribution in [-0.4, -0.2) is 93.8 Å². The third-order valence-corrected chi connectivity index (χ3v) is 9.85. The minimum atomic E-state index is -2.46. The molecule has 5 N–H and O–H groups in total. The first kappa shape index (κ1) is 31.5. The molecule has 3 saturated carbocycles. The van der Waals surface area contributed by atoms with Gasteiger partial charge in [0.05, 0.1) is 25.4 Å². The average molecular weight is 598 g/mol. The molecular weight excluding hydrogens is 561 g/mol. The quantitative estimate of drug-likeness (QED) is 0.129. The first-order valence-electron chi connectivity index (χ1n) is 13.8. The summed E-state index contributed by atoms with van der Waals surface area (Å²) in [7, 11) is 0. The number of aliphatic hydroxyl groups is 3. The molecule has 2 amide bonds. The number of Topliss-reactive ketones (excluding diaryl/α,β-unsaturated/α-hetero) is 1. The van der Waals surface area contributed by atoms with Crippen LogP contribution in [0.3, 0.4) is 0 Å². The maximum absolute atomic E-state index is 17.2. The number of hydrogen-bond acceptors (Lipinski definition) is 11. The first-order chi connectivity index (χ1) is 19.6. The number of carbonyl (C=O) groups is 4. The van der Waals surface area contributed by atoms with E-state index < -0.39 is 82.2 Å². The van der Waals surface area contributed by atoms with Crippen molar-refractivity contribution in [2.45, 2.75) is 69.4 Å². The highest BCUT2D eigenvalue weighted by atomic mass is 19.1. The van der Waals surface area contributed by atoms with Crippen molar-refractivity contribution in [2.24, 2.45) is 22.7 Å². The molecule has 15 heteroatoms. The van der Waals surface area contributed by atoms with Crippen LogP contribution in [0, 0.1) is 32.8 Å². The predicted octanol–water partition coefficient (Wildman–Crippen LogP) is 0.0690. The normalized spacial score (nSPS) is 38.3. The molecule has 0 aromatic rings. The zero-order valence-corrected chi connectivity index (χ0v) is 23.3. The summed E-state index contributed by atoms with van der Waals surface area (Å²) < 4.78 is 22.0. The lowest BCUT2D eigenvalue weighted by Crippen LogP contribution is -2.69. The highest BCUT2D eigenvalue weighted by Gasteiger charge is 2.76. The smallest absolute Gasteiger partial charge is 0.408 e. The van der Waals surface area contributed by atoms with Gasteiger partial charge in [-0.15, -0.1) is 10.1 Å². The molecule has 0 saturated heterocycles. The van der Waals surface area contributed by atoms with Crippen LogP contribution >= 0.6 is 0 Å². The van der Waals surface area contributed by atoms with E-state index in [0.717, 1.165) is 0 Å². The molecule has 4 aliphatic carbocycles. The van der Waals surface area contributed by atoms with E-state index in [1.807, 2.05) is 0 Å². The minimum absolute atomic E-state index is 0.0464. The number of ketones is 2. The van der Waals surface area contributed by atoms with Crippen LogP contribution in [0.5, 0.6) is 0 Å². The zero-order valence-electron chi connectivity index (χ0n) is 23.3. The van der Waals surface area contributed by atoms with Crippen LogP contribution in [0.25, 0.3) is 0 Å². The first-order valence-corrected chi connectivity index (χ1v) is 13.8. The second kappa shape index (κ2) is 11.3. The van der Waals surface area contributed by atoms with Gasteiger partial charge < -0.3 is 35.5 Å². The number of carbonyl (C=O) groups excluding carboxylic acids is 4. The number of hydrogen-bond donors (Lipinski definition) is 5. The van der Waals surface area contributed by atoms with Gasteiger partial charge in [0.15, 0.2) is 23.7 Å². The zero-order chi connectivity index (χ0) is 31.1. The number of rotatable bonds is 10. The Morgan fingerprint density at radius 1 is 1.19 bits per heavy atom. The molecule has 0 aliphatic heterocycles. The largest absolute Gasteiger partial charge is 0.441 e. The molecule has 0 bridgehead atoms. The van der Waals surface area contributed by atoms with Crippen LogP contribution in [0.2, 0.25) is 0 Å². The van der Waals surface area contributed by atoms with Gasteiger partial charge in [-0.2, -0.15) is 0 Å². The molecule has 14 nitrogen and oxygen atoms in total. The topological polar surface area (TPSA) is 215 Å². The van der Waals surface area contributed by atoms with E-state index in [1.54, 1.807) is 6.92 Å². The standard InChI is InChI=1S/C27H36FN3O11/c1-24-7-6-16(32)10-15(24)4-5-17-18-11-19(33)27(38,25(18,2)12-20(34)26(17,24)28)21(35)14-41-23(37)30-13-22(36)29-8-3-9-42-31(39)40/h6-7,10,17-20,33-34,38H,3-5,8-9,11-14H2,1-2H3,(H,29,36)(H,30,37)/t17-,18-,19+,20-,24-,25-,26-,27-/m0/s1. The highest BCUT2D eigenvalue weighted by Crippen LogP contribution is 2.69. The van der Waals surface area contributed by atoms with Crippen LogP contribution in [-0.2, 0) is 24.0 Å². The minimum Gasteiger partial charge on any atom is -0.441 e. The molecule has 232 valence electrons. The van der Waals surface area contributed by atoms with E-state index in [4.69, 9.17) is 4.74 Å². The fraction of sp³-hybridized carbons (Fsp3) is 0.704. The Bertz CT molecular complexity index is 1230. The molecule has 4 aliphatic rings. The summed E-state index contributed by atoms with van der Waals surface area (Å²) in [5.41, 5.74) is -6.86. The number of nitrogens with zero attached hydrogens (tertiary/aromatic N) is 1. The van der Waals surface area contributed by atoms with E-state index >= 15 is 4.39 Å². The second-order valence-electron chi connectivity index (χ2n) is 11.9. The van der Waals surface area contributed by atoms with E-state index in [0.29, 0.717) is 12.0 Å². The van der Waals surface area contributed by atoms with Crippen molar-refractivity contribution in [3.63, 3.8) is 0 Å². The monoisotopic (exact) mass is 597 g/mol. The predicted molar refractivity (Wildman–Crippen MR) is 140 cm³/mol. The number of alkyl carbamates (subject to hydrolysis) is 1. The number of alkyl halides is 1. The maximum Gasteiger partial charge on any atom is 0.408 e. The van der Waals surface area contributed by atoms with E-state index in [-0.39, 0.29) is 44.6 Å². The lowest BCUT2D eigenvalue weighted by Gasteiger charge is -2.62. The molecular formula is C27H36FN3O11. The Kier molecular flexibility index (Phi) is 8.50. The summed E-state index contributed by atoms with van der Waals surface area (Å²) in [5.74, 6) is -3.50. The molecule has 42 heavy (non-hydrogen) atoms. The lowest BCUT2D eigenvalue weighted by molar-refractivity contribution is -0.757. The third-order valence-electron chi connectivity index (χ3n) is 9.85. The van der Waals surface area contributed by atoms with E-state index in [9.17, 15) is 44.6 Å². The number of amides is 2. The summed E-state index contributed by atoms with van der Waals surface area (Å²) in [6.07, 6.45) is -0.0232. The Morgan fingerprint density at radius 3 is 2.60 bits per heavy atom. The molecule has 8 atom stereocenters. The van der Waals surface area contributed by atoms with Crippen molar-refractivity contribution in [3.8, 4) is 0 Å². The van der Waals surface area contributed by atoms with Gasteiger partial charge in [-0.05, 0) is 57.1 Å². The second-order valence-corrected chi connectivity index (χ2v) is 11.9. The summed E-state index contributed by atoms with van der Waals surface area (Å²) in [5, 5.41) is 47.6. The van der Waals surface area contributed by atoms with Gasteiger partial charge in [0.25, 0.3) is 5.09 Å². The summed E-state index contributed by atoms with van der Waals surface area (Å²) in [6.45, 7) is 1.48. The molecule has 3 fully saturated rings. The number of allylic oxidation sites excluding steroid dienone is 4. The molecule has 0 aromatic carbocycles. The molecule has 0 radical (unpaired) electrons. The fourth-order valence-electron chi connectivity index (χ4n) is 7.68. The van der Waals surface area contributed by atoms with Crippen molar-refractivity contribution in [1.82, 2.24) is 10.6 Å². The van der Waals surface area contributed by atoms with Gasteiger partial charge in [-0.1, -0.05) is 18.6 Å². The van der Waals surface area contributed by atoms with Crippen LogP contribution in [0.1, 0.15) is 46.0 Å². The van der Waals surface area contributed by atoms with Crippen molar-refractivity contribution in [2.75, 3.05) is 26.3 Å². The van der Waals surface area contributed by atoms with Gasteiger partial charge in [-0.25, -0.2) is 9.18 Å². The Morgan fingerprint density at radius 2 is 1.90 bits per heavy atom. The molecule has 4 rings (SSSR count). The summed E-state index contributed by atoms with van der Waals surface area (Å²) in [4.78, 5) is 63.4. The van der Waals surface area contributed by atoms with Crippen molar-refractivity contribution < 1.29 is 53.5 Å². The summed E-state index contributed by atoms with van der Waals surface area (Å²) >= 11 is 0. The average Bonchev–Trinajstić information content (AvgIpc) is 3.12. The van der Waals surface area contributed by atoms with Gasteiger partial charge in [0.1, 0.15) is 0 Å². The van der Waals surface area contributed by atoms with Gasteiger partial charge in [0.2, 0.25) is 11.7 Å². The van der Waals surface area contributed by atoms with Crippen LogP contribution in [0.4, 0.5) is 9.18 Å². The SMILES string of the molecule is C[C@]12C=CC(=O)C=C1CC[C@H]1[C@@H]3C[C@@H](O)[C@](O)(C(=O)COC(=O)NCC(=O)NCCCO[N+](=O)[O-])[C@@]3(C)C[C@H](O)[C@@]12F. The maximum atomic E-state index is 17.2. The Balaban J connectivity index is 1.39. The number of aliphatic hydroxyl groups excluding tert-OH is 2.